The molecule has 2 aromatic rings. The smallest absolute Gasteiger partial charge is 0.0137 e. The van der Waals surface area contributed by atoms with Gasteiger partial charge in [-0.3, -0.25) is 0 Å². The molecule has 90 valence electrons. The lowest BCUT2D eigenvalue weighted by molar-refractivity contribution is 0.485. The topological polar surface area (TPSA) is 0 Å². The lowest BCUT2D eigenvalue weighted by atomic mass is 9.82. The predicted octanol–water partition coefficient (Wildman–Crippen LogP) is 5.21. The zero-order valence-electron chi connectivity index (χ0n) is 11.0. The first-order chi connectivity index (χ1) is 8.64. The fourth-order valence-electron chi connectivity index (χ4n) is 2.41. The Hall–Kier alpha value is -1.82. The SMILES string of the molecule is CC1(C)C=CC(c2ccc3ccccc3c2)=CC1. The number of hydrogen-bond acceptors (Lipinski definition) is 0. The maximum atomic E-state index is 2.35. The fourth-order valence-corrected chi connectivity index (χ4v) is 2.41. The third kappa shape index (κ3) is 2.11. The maximum absolute atomic E-state index is 2.35. The highest BCUT2D eigenvalue weighted by Crippen LogP contribution is 2.32. The first kappa shape index (κ1) is 11.3. The lowest BCUT2D eigenvalue weighted by Gasteiger charge is -2.22. The highest BCUT2D eigenvalue weighted by Gasteiger charge is 2.16. The second-order valence-electron chi connectivity index (χ2n) is 5.75. The summed E-state index contributed by atoms with van der Waals surface area (Å²) in [7, 11) is 0. The van der Waals surface area contributed by atoms with E-state index in [1.54, 1.807) is 0 Å². The lowest BCUT2D eigenvalue weighted by Crippen LogP contribution is -2.08. The van der Waals surface area contributed by atoms with Crippen LogP contribution in [-0.2, 0) is 0 Å². The van der Waals surface area contributed by atoms with Crippen LogP contribution in [0.5, 0.6) is 0 Å². The van der Waals surface area contributed by atoms with Crippen molar-refractivity contribution in [3.8, 4) is 0 Å². The minimum Gasteiger partial charge on any atom is -0.0779 e. The Kier molecular flexibility index (Phi) is 2.59. The van der Waals surface area contributed by atoms with Crippen molar-refractivity contribution in [1.82, 2.24) is 0 Å². The second-order valence-corrected chi connectivity index (χ2v) is 5.75. The first-order valence-electron chi connectivity index (χ1n) is 6.53. The van der Waals surface area contributed by atoms with Crippen molar-refractivity contribution < 1.29 is 0 Å². The van der Waals surface area contributed by atoms with E-state index in [2.05, 4.69) is 74.5 Å². The van der Waals surface area contributed by atoms with Gasteiger partial charge in [-0.05, 0) is 39.8 Å². The van der Waals surface area contributed by atoms with E-state index in [1.165, 1.54) is 21.9 Å². The third-order valence-electron chi connectivity index (χ3n) is 3.64. The van der Waals surface area contributed by atoms with Crippen LogP contribution in [0.1, 0.15) is 25.8 Å². The number of rotatable bonds is 1. The highest BCUT2D eigenvalue weighted by atomic mass is 14.2. The molecule has 0 saturated heterocycles. The molecule has 0 aromatic heterocycles. The average Bonchev–Trinajstić information content (AvgIpc) is 2.38. The number of allylic oxidation sites excluding steroid dienone is 4. The predicted molar refractivity (Wildman–Crippen MR) is 79.5 cm³/mol. The van der Waals surface area contributed by atoms with Crippen LogP contribution >= 0.6 is 0 Å². The van der Waals surface area contributed by atoms with Gasteiger partial charge in [0.05, 0.1) is 0 Å². The van der Waals surface area contributed by atoms with Gasteiger partial charge in [-0.2, -0.15) is 0 Å². The molecule has 0 N–H and O–H groups in total. The monoisotopic (exact) mass is 234 g/mol. The Bertz CT molecular complexity index is 642. The second kappa shape index (κ2) is 4.13. The summed E-state index contributed by atoms with van der Waals surface area (Å²) in [5.74, 6) is 0. The van der Waals surface area contributed by atoms with Gasteiger partial charge < -0.3 is 0 Å². The van der Waals surface area contributed by atoms with Crippen molar-refractivity contribution >= 4 is 16.3 Å². The number of fused-ring (bicyclic) bond motifs is 1. The van der Waals surface area contributed by atoms with Crippen molar-refractivity contribution in [2.24, 2.45) is 5.41 Å². The largest absolute Gasteiger partial charge is 0.0779 e. The summed E-state index contributed by atoms with van der Waals surface area (Å²) in [6.07, 6.45) is 8.04. The summed E-state index contributed by atoms with van der Waals surface area (Å²) in [6.45, 7) is 4.55. The van der Waals surface area contributed by atoms with Crippen LogP contribution in [0.25, 0.3) is 16.3 Å². The van der Waals surface area contributed by atoms with Gasteiger partial charge in [-0.15, -0.1) is 0 Å². The van der Waals surface area contributed by atoms with E-state index in [1.807, 2.05) is 0 Å². The number of hydrogen-bond donors (Lipinski definition) is 0. The van der Waals surface area contributed by atoms with Crippen molar-refractivity contribution in [3.63, 3.8) is 0 Å². The molecule has 0 atom stereocenters. The normalized spacial score (nSPS) is 17.8. The van der Waals surface area contributed by atoms with Crippen LogP contribution in [0.3, 0.4) is 0 Å². The average molecular weight is 234 g/mol. The van der Waals surface area contributed by atoms with Crippen LogP contribution < -0.4 is 0 Å². The molecule has 0 unspecified atom stereocenters. The zero-order valence-corrected chi connectivity index (χ0v) is 11.0. The summed E-state index contributed by atoms with van der Waals surface area (Å²) >= 11 is 0. The fraction of sp³-hybridized carbons (Fsp3) is 0.222. The Balaban J connectivity index is 2.01. The van der Waals surface area contributed by atoms with E-state index in [4.69, 9.17) is 0 Å². The summed E-state index contributed by atoms with van der Waals surface area (Å²) in [5, 5.41) is 2.62. The summed E-state index contributed by atoms with van der Waals surface area (Å²) in [4.78, 5) is 0. The molecular formula is C18H18. The summed E-state index contributed by atoms with van der Waals surface area (Å²) in [5.41, 5.74) is 2.97. The Morgan fingerprint density at radius 2 is 1.72 bits per heavy atom. The van der Waals surface area contributed by atoms with Gasteiger partial charge in [-0.1, -0.05) is 68.5 Å². The molecule has 3 rings (SSSR count). The van der Waals surface area contributed by atoms with Gasteiger partial charge in [0.25, 0.3) is 0 Å². The maximum Gasteiger partial charge on any atom is -0.0137 e. The van der Waals surface area contributed by atoms with Crippen molar-refractivity contribution in [2.75, 3.05) is 0 Å². The Morgan fingerprint density at radius 3 is 2.44 bits per heavy atom. The molecule has 0 bridgehead atoms. The molecule has 0 spiro atoms. The Morgan fingerprint density at radius 1 is 0.944 bits per heavy atom. The van der Waals surface area contributed by atoms with E-state index in [0.717, 1.165) is 6.42 Å². The summed E-state index contributed by atoms with van der Waals surface area (Å²) in [6, 6.07) is 15.2. The molecule has 0 saturated carbocycles. The van der Waals surface area contributed by atoms with Crippen molar-refractivity contribution in [2.45, 2.75) is 20.3 Å². The molecule has 0 amide bonds. The summed E-state index contributed by atoms with van der Waals surface area (Å²) < 4.78 is 0. The molecule has 1 aliphatic carbocycles. The van der Waals surface area contributed by atoms with E-state index in [-0.39, 0.29) is 0 Å². The molecule has 0 radical (unpaired) electrons. The van der Waals surface area contributed by atoms with Crippen LogP contribution in [0.15, 0.2) is 60.7 Å². The molecule has 18 heavy (non-hydrogen) atoms. The molecule has 1 aliphatic rings. The van der Waals surface area contributed by atoms with Gasteiger partial charge in [0, 0.05) is 0 Å². The van der Waals surface area contributed by atoms with Gasteiger partial charge >= 0.3 is 0 Å². The van der Waals surface area contributed by atoms with Gasteiger partial charge in [0.1, 0.15) is 0 Å². The molecular weight excluding hydrogens is 216 g/mol. The van der Waals surface area contributed by atoms with Gasteiger partial charge in [-0.25, -0.2) is 0 Å². The van der Waals surface area contributed by atoms with Gasteiger partial charge in [0.2, 0.25) is 0 Å². The molecule has 0 heteroatoms. The van der Waals surface area contributed by atoms with Gasteiger partial charge in [0.15, 0.2) is 0 Å². The van der Waals surface area contributed by atoms with E-state index >= 15 is 0 Å². The molecule has 2 aromatic carbocycles. The third-order valence-corrected chi connectivity index (χ3v) is 3.64. The van der Waals surface area contributed by atoms with Crippen LogP contribution in [0.2, 0.25) is 0 Å². The van der Waals surface area contributed by atoms with Crippen molar-refractivity contribution in [3.05, 3.63) is 66.3 Å². The first-order valence-corrected chi connectivity index (χ1v) is 6.53. The zero-order chi connectivity index (χ0) is 12.6. The molecule has 0 fully saturated rings. The minimum absolute atomic E-state index is 0.306. The molecule has 0 nitrogen and oxygen atoms in total. The van der Waals surface area contributed by atoms with Crippen molar-refractivity contribution in [1.29, 1.82) is 0 Å². The van der Waals surface area contributed by atoms with Crippen LogP contribution in [0, 0.1) is 5.41 Å². The van der Waals surface area contributed by atoms with E-state index < -0.39 is 0 Å². The molecule has 0 aliphatic heterocycles. The van der Waals surface area contributed by atoms with E-state index in [0.29, 0.717) is 5.41 Å². The van der Waals surface area contributed by atoms with Crippen LogP contribution in [0.4, 0.5) is 0 Å². The van der Waals surface area contributed by atoms with Crippen LogP contribution in [-0.4, -0.2) is 0 Å². The quantitative estimate of drug-likeness (QED) is 0.635. The highest BCUT2D eigenvalue weighted by molar-refractivity contribution is 5.88. The molecule has 0 heterocycles. The Labute approximate surface area is 109 Å². The standard InChI is InChI=1S/C18H18/c1-18(2)11-9-15(10-12-18)17-8-7-14-5-3-4-6-16(14)13-17/h3-11,13H,12H2,1-2H3. The minimum atomic E-state index is 0.306. The number of benzene rings is 2. The van der Waals surface area contributed by atoms with E-state index in [9.17, 15) is 0 Å².